The zero-order valence-corrected chi connectivity index (χ0v) is 34.4. The van der Waals surface area contributed by atoms with Gasteiger partial charge in [-0.05, 0) is 106 Å². The summed E-state index contributed by atoms with van der Waals surface area (Å²) in [5, 5.41) is 7.41. The van der Waals surface area contributed by atoms with Crippen molar-refractivity contribution in [2.24, 2.45) is 0 Å². The van der Waals surface area contributed by atoms with Crippen molar-refractivity contribution in [2.45, 2.75) is 0 Å². The average Bonchev–Trinajstić information content (AvgIpc) is 4.00. The zero-order chi connectivity index (χ0) is 41.4. The molecule has 0 aliphatic rings. The van der Waals surface area contributed by atoms with Crippen LogP contribution in [0.15, 0.2) is 237 Å². The quantitative estimate of drug-likeness (QED) is 0.159. The highest BCUT2D eigenvalue weighted by molar-refractivity contribution is 6.16. The molecule has 0 spiro atoms. The van der Waals surface area contributed by atoms with Crippen molar-refractivity contribution in [1.82, 2.24) is 13.7 Å². The number of rotatable bonds is 6. The summed E-state index contributed by atoms with van der Waals surface area (Å²) in [4.78, 5) is 0. The standard InChI is InChI=1S/C60H39N3/c1-3-17-40(18-4-1)42-21-15-22-43(35-42)45-36-44(41-19-5-2-6-20-41)37-47(38-45)62-56-30-13-9-25-50(56)52-27-16-32-59(60(52)62)63-57-31-14-10-26-51(57)53-39-46(33-34-58(53)63)61-54-28-11-7-23-48(54)49-24-8-12-29-55(49)61/h1-39H. The van der Waals surface area contributed by atoms with E-state index >= 15 is 0 Å². The molecule has 0 radical (unpaired) electrons. The summed E-state index contributed by atoms with van der Waals surface area (Å²) in [6, 6.07) is 86.6. The lowest BCUT2D eigenvalue weighted by Crippen LogP contribution is -2.01. The monoisotopic (exact) mass is 801 g/mol. The Bertz CT molecular complexity index is 3850. The van der Waals surface area contributed by atoms with Gasteiger partial charge in [0.2, 0.25) is 0 Å². The summed E-state index contributed by atoms with van der Waals surface area (Å²) in [6.45, 7) is 0. The van der Waals surface area contributed by atoms with Gasteiger partial charge in [0.1, 0.15) is 0 Å². The fraction of sp³-hybridized carbons (Fsp3) is 0. The number of para-hydroxylation sites is 5. The molecule has 0 atom stereocenters. The van der Waals surface area contributed by atoms with Crippen LogP contribution >= 0.6 is 0 Å². The minimum Gasteiger partial charge on any atom is -0.309 e. The van der Waals surface area contributed by atoms with Crippen LogP contribution in [0.1, 0.15) is 0 Å². The van der Waals surface area contributed by atoms with Gasteiger partial charge in [-0.15, -0.1) is 0 Å². The van der Waals surface area contributed by atoms with Crippen LogP contribution in [-0.2, 0) is 0 Å². The fourth-order valence-electron chi connectivity index (χ4n) is 10.2. The van der Waals surface area contributed by atoms with Gasteiger partial charge in [-0.2, -0.15) is 0 Å². The average molecular weight is 802 g/mol. The highest BCUT2D eigenvalue weighted by atomic mass is 15.1. The maximum atomic E-state index is 2.50. The third-order valence-electron chi connectivity index (χ3n) is 13.0. The predicted octanol–water partition coefficient (Wildman–Crippen LogP) is 16.0. The molecule has 294 valence electrons. The second kappa shape index (κ2) is 14.1. The normalized spacial score (nSPS) is 11.8. The van der Waals surface area contributed by atoms with Gasteiger partial charge < -0.3 is 13.7 Å². The van der Waals surface area contributed by atoms with Crippen LogP contribution < -0.4 is 0 Å². The molecule has 63 heavy (non-hydrogen) atoms. The van der Waals surface area contributed by atoms with Crippen LogP contribution in [0, 0.1) is 0 Å². The van der Waals surface area contributed by atoms with E-state index in [4.69, 9.17) is 0 Å². The topological polar surface area (TPSA) is 14.8 Å². The van der Waals surface area contributed by atoms with Crippen molar-refractivity contribution in [2.75, 3.05) is 0 Å². The van der Waals surface area contributed by atoms with E-state index < -0.39 is 0 Å². The molecule has 0 saturated heterocycles. The summed E-state index contributed by atoms with van der Waals surface area (Å²) in [6.07, 6.45) is 0. The summed E-state index contributed by atoms with van der Waals surface area (Å²) in [5.74, 6) is 0. The van der Waals surface area contributed by atoms with Gasteiger partial charge in [-0.25, -0.2) is 0 Å². The van der Waals surface area contributed by atoms with E-state index in [1.165, 1.54) is 98.8 Å². The van der Waals surface area contributed by atoms with Gasteiger partial charge >= 0.3 is 0 Å². The minimum atomic E-state index is 1.12. The molecule has 13 aromatic rings. The van der Waals surface area contributed by atoms with Crippen molar-refractivity contribution in [3.63, 3.8) is 0 Å². The Kier molecular flexibility index (Phi) is 7.91. The Morgan fingerprint density at radius 2 is 0.619 bits per heavy atom. The number of aromatic nitrogens is 3. The van der Waals surface area contributed by atoms with Gasteiger partial charge in [-0.3, -0.25) is 0 Å². The van der Waals surface area contributed by atoms with Crippen molar-refractivity contribution in [1.29, 1.82) is 0 Å². The smallest absolute Gasteiger partial charge is 0.0782 e. The Labute approximate surface area is 364 Å². The minimum absolute atomic E-state index is 1.12. The molecule has 13 rings (SSSR count). The predicted molar refractivity (Wildman–Crippen MR) is 266 cm³/mol. The van der Waals surface area contributed by atoms with Crippen molar-refractivity contribution < 1.29 is 0 Å². The highest BCUT2D eigenvalue weighted by Crippen LogP contribution is 2.42. The van der Waals surface area contributed by atoms with Crippen LogP contribution in [0.3, 0.4) is 0 Å². The number of nitrogens with zero attached hydrogens (tertiary/aromatic N) is 3. The second-order valence-corrected chi connectivity index (χ2v) is 16.5. The summed E-state index contributed by atoms with van der Waals surface area (Å²) in [7, 11) is 0. The molecule has 3 aromatic heterocycles. The molecular formula is C60H39N3. The molecule has 3 heterocycles. The molecule has 0 N–H and O–H groups in total. The van der Waals surface area contributed by atoms with Gasteiger partial charge in [0.15, 0.2) is 0 Å². The Morgan fingerprint density at radius 1 is 0.206 bits per heavy atom. The van der Waals surface area contributed by atoms with Gasteiger partial charge in [-0.1, -0.05) is 164 Å². The van der Waals surface area contributed by atoms with Crippen LogP contribution in [0.2, 0.25) is 0 Å². The first-order chi connectivity index (χ1) is 31.3. The first-order valence-electron chi connectivity index (χ1n) is 21.7. The Hall–Kier alpha value is -8.40. The number of fused-ring (bicyclic) bond motifs is 9. The molecule has 0 saturated carbocycles. The molecule has 10 aromatic carbocycles. The summed E-state index contributed by atoms with van der Waals surface area (Å²) < 4.78 is 7.41. The molecule has 3 heteroatoms. The molecule has 3 nitrogen and oxygen atoms in total. The molecule has 0 fully saturated rings. The van der Waals surface area contributed by atoms with Crippen molar-refractivity contribution >= 4 is 65.4 Å². The van der Waals surface area contributed by atoms with E-state index in [-0.39, 0.29) is 0 Å². The Balaban J connectivity index is 1.08. The molecule has 0 aliphatic carbocycles. The Morgan fingerprint density at radius 3 is 1.25 bits per heavy atom. The molecule has 0 bridgehead atoms. The van der Waals surface area contributed by atoms with Crippen LogP contribution in [0.4, 0.5) is 0 Å². The fourth-order valence-corrected chi connectivity index (χ4v) is 10.2. The van der Waals surface area contributed by atoms with E-state index in [9.17, 15) is 0 Å². The van der Waals surface area contributed by atoms with Crippen LogP contribution in [0.25, 0.3) is 116 Å². The first-order valence-corrected chi connectivity index (χ1v) is 21.7. The second-order valence-electron chi connectivity index (χ2n) is 16.5. The number of hydrogen-bond acceptors (Lipinski definition) is 0. The molecule has 0 amide bonds. The van der Waals surface area contributed by atoms with Crippen LogP contribution in [-0.4, -0.2) is 13.7 Å². The number of benzene rings is 10. The number of hydrogen-bond donors (Lipinski definition) is 0. The summed E-state index contributed by atoms with van der Waals surface area (Å²) in [5.41, 5.74) is 17.6. The van der Waals surface area contributed by atoms with Crippen molar-refractivity contribution in [3.05, 3.63) is 237 Å². The van der Waals surface area contributed by atoms with Crippen LogP contribution in [0.5, 0.6) is 0 Å². The van der Waals surface area contributed by atoms with Gasteiger partial charge in [0.25, 0.3) is 0 Å². The van der Waals surface area contributed by atoms with E-state index in [1.807, 2.05) is 0 Å². The summed E-state index contributed by atoms with van der Waals surface area (Å²) >= 11 is 0. The SMILES string of the molecule is c1ccc(-c2cccc(-c3cc(-c4ccccc4)cc(-n4c5ccccc5c5cccc(-n6c7ccccc7c7cc(-n8c9ccccc9c9ccccc98)ccc76)c54)c3)c2)cc1. The van der Waals surface area contributed by atoms with E-state index in [0.717, 1.165) is 17.1 Å². The van der Waals surface area contributed by atoms with E-state index in [2.05, 4.69) is 250 Å². The van der Waals surface area contributed by atoms with E-state index in [0.29, 0.717) is 0 Å². The largest absolute Gasteiger partial charge is 0.309 e. The van der Waals surface area contributed by atoms with Gasteiger partial charge in [0.05, 0.1) is 38.8 Å². The van der Waals surface area contributed by atoms with Gasteiger partial charge in [0, 0.05) is 43.7 Å². The molecule has 0 aliphatic heterocycles. The third-order valence-corrected chi connectivity index (χ3v) is 13.0. The lowest BCUT2D eigenvalue weighted by Gasteiger charge is -2.17. The molecule has 0 unspecified atom stereocenters. The van der Waals surface area contributed by atoms with E-state index in [1.54, 1.807) is 0 Å². The highest BCUT2D eigenvalue weighted by Gasteiger charge is 2.22. The lowest BCUT2D eigenvalue weighted by atomic mass is 9.95. The lowest BCUT2D eigenvalue weighted by molar-refractivity contribution is 1.13. The van der Waals surface area contributed by atoms with Crippen molar-refractivity contribution in [3.8, 4) is 50.4 Å². The maximum Gasteiger partial charge on any atom is 0.0782 e. The third kappa shape index (κ3) is 5.53. The zero-order valence-electron chi connectivity index (χ0n) is 34.4. The maximum absolute atomic E-state index is 2.50. The first kappa shape index (κ1) is 35.4. The molecular weight excluding hydrogens is 763 g/mol.